The molecular formula is C22H24N2O4. The van der Waals surface area contributed by atoms with Crippen LogP contribution in [0.15, 0.2) is 53.3 Å². The molecule has 0 atom stereocenters. The van der Waals surface area contributed by atoms with Gasteiger partial charge in [-0.15, -0.1) is 0 Å². The van der Waals surface area contributed by atoms with E-state index in [0.717, 1.165) is 28.0 Å². The third-order valence-corrected chi connectivity index (χ3v) is 4.66. The molecule has 0 spiro atoms. The van der Waals surface area contributed by atoms with Crippen LogP contribution in [0.25, 0.3) is 10.9 Å². The summed E-state index contributed by atoms with van der Waals surface area (Å²) >= 11 is 0. The van der Waals surface area contributed by atoms with E-state index in [-0.39, 0.29) is 17.9 Å². The number of nitrogens with one attached hydrogen (secondary N) is 2. The van der Waals surface area contributed by atoms with E-state index in [0.29, 0.717) is 24.9 Å². The molecule has 1 heterocycles. The van der Waals surface area contributed by atoms with Crippen LogP contribution < -0.4 is 20.3 Å². The molecular weight excluding hydrogens is 356 g/mol. The van der Waals surface area contributed by atoms with Gasteiger partial charge in [-0.3, -0.25) is 9.59 Å². The Hall–Kier alpha value is -3.28. The molecule has 2 N–H and O–H groups in total. The minimum atomic E-state index is -0.167. The molecule has 1 aromatic heterocycles. The highest BCUT2D eigenvalue weighted by atomic mass is 16.5. The van der Waals surface area contributed by atoms with Crippen molar-refractivity contribution in [3.05, 3.63) is 70.0 Å². The number of hydrogen-bond donors (Lipinski definition) is 2. The fraction of sp³-hybridized carbons (Fsp3) is 0.273. The summed E-state index contributed by atoms with van der Waals surface area (Å²) in [5, 5.41) is 3.78. The zero-order valence-electron chi connectivity index (χ0n) is 16.1. The summed E-state index contributed by atoms with van der Waals surface area (Å²) in [5.74, 6) is 1.45. The number of aromatic nitrogens is 1. The SMILES string of the molecule is COc1ccc2[nH]c(=O)c(CCC(=O)NCCc3ccccc3OC)cc2c1. The molecule has 0 unspecified atom stereocenters. The Morgan fingerprint density at radius 2 is 1.82 bits per heavy atom. The second-order valence-corrected chi connectivity index (χ2v) is 6.49. The third kappa shape index (κ3) is 4.71. The van der Waals surface area contributed by atoms with Crippen LogP contribution in [0.1, 0.15) is 17.5 Å². The maximum absolute atomic E-state index is 12.2. The average molecular weight is 380 g/mol. The molecule has 0 aliphatic carbocycles. The molecule has 146 valence electrons. The van der Waals surface area contributed by atoms with Crippen molar-refractivity contribution < 1.29 is 14.3 Å². The first-order valence-corrected chi connectivity index (χ1v) is 9.19. The molecule has 3 aromatic rings. The summed E-state index contributed by atoms with van der Waals surface area (Å²) in [5.41, 5.74) is 2.21. The molecule has 0 radical (unpaired) electrons. The van der Waals surface area contributed by atoms with Crippen molar-refractivity contribution >= 4 is 16.8 Å². The molecule has 6 nitrogen and oxygen atoms in total. The van der Waals surface area contributed by atoms with Crippen molar-refractivity contribution in [1.82, 2.24) is 10.3 Å². The summed E-state index contributed by atoms with van der Waals surface area (Å²) in [7, 11) is 3.23. The van der Waals surface area contributed by atoms with Crippen LogP contribution in [0.3, 0.4) is 0 Å². The molecule has 0 saturated carbocycles. The van der Waals surface area contributed by atoms with Crippen molar-refractivity contribution in [1.29, 1.82) is 0 Å². The molecule has 0 fully saturated rings. The van der Waals surface area contributed by atoms with Crippen LogP contribution in [0.2, 0.25) is 0 Å². The summed E-state index contributed by atoms with van der Waals surface area (Å²) in [4.78, 5) is 27.3. The first-order valence-electron chi connectivity index (χ1n) is 9.19. The second-order valence-electron chi connectivity index (χ2n) is 6.49. The second kappa shape index (κ2) is 9.08. The van der Waals surface area contributed by atoms with E-state index >= 15 is 0 Å². The van der Waals surface area contributed by atoms with Gasteiger partial charge in [-0.2, -0.15) is 0 Å². The number of H-pyrrole nitrogens is 1. The molecule has 1 amide bonds. The van der Waals surface area contributed by atoms with Gasteiger partial charge in [-0.05, 0) is 48.7 Å². The molecule has 6 heteroatoms. The van der Waals surface area contributed by atoms with Gasteiger partial charge >= 0.3 is 0 Å². The smallest absolute Gasteiger partial charge is 0.251 e. The van der Waals surface area contributed by atoms with E-state index in [2.05, 4.69) is 10.3 Å². The lowest BCUT2D eigenvalue weighted by Crippen LogP contribution is -2.26. The molecule has 0 aliphatic rings. The van der Waals surface area contributed by atoms with Gasteiger partial charge in [0.25, 0.3) is 5.56 Å². The largest absolute Gasteiger partial charge is 0.497 e. The van der Waals surface area contributed by atoms with Gasteiger partial charge in [-0.1, -0.05) is 18.2 Å². The first kappa shape index (κ1) is 19.5. The number of rotatable bonds is 8. The molecule has 0 saturated heterocycles. The van der Waals surface area contributed by atoms with Gasteiger partial charge in [-0.25, -0.2) is 0 Å². The number of aromatic amines is 1. The number of fused-ring (bicyclic) bond motifs is 1. The van der Waals surface area contributed by atoms with Crippen LogP contribution in [0.5, 0.6) is 11.5 Å². The Bertz CT molecular complexity index is 1030. The fourth-order valence-electron chi connectivity index (χ4n) is 3.13. The molecule has 3 rings (SSSR count). The number of ether oxygens (including phenoxy) is 2. The van der Waals surface area contributed by atoms with Crippen molar-refractivity contribution in [2.24, 2.45) is 0 Å². The quantitative estimate of drug-likeness (QED) is 0.630. The van der Waals surface area contributed by atoms with E-state index in [1.807, 2.05) is 42.5 Å². The highest BCUT2D eigenvalue weighted by Gasteiger charge is 2.08. The number of carbonyl (C=O) groups excluding carboxylic acids is 1. The Balaban J connectivity index is 1.56. The minimum absolute atomic E-state index is 0.0833. The van der Waals surface area contributed by atoms with Crippen LogP contribution in [0, 0.1) is 0 Å². The maximum Gasteiger partial charge on any atom is 0.251 e. The van der Waals surface area contributed by atoms with Crippen molar-refractivity contribution in [3.8, 4) is 11.5 Å². The fourth-order valence-corrected chi connectivity index (χ4v) is 3.13. The van der Waals surface area contributed by atoms with E-state index in [1.54, 1.807) is 20.3 Å². The number of amides is 1. The lowest BCUT2D eigenvalue weighted by molar-refractivity contribution is -0.121. The van der Waals surface area contributed by atoms with E-state index in [4.69, 9.17) is 9.47 Å². The number of methoxy groups -OCH3 is 2. The summed E-state index contributed by atoms with van der Waals surface area (Å²) in [6.45, 7) is 0.518. The Kier molecular flexibility index (Phi) is 6.32. The molecule has 0 aliphatic heterocycles. The normalized spacial score (nSPS) is 10.6. The zero-order chi connectivity index (χ0) is 19.9. The number of carbonyl (C=O) groups is 1. The van der Waals surface area contributed by atoms with E-state index in [9.17, 15) is 9.59 Å². The van der Waals surface area contributed by atoms with Gasteiger partial charge in [0, 0.05) is 29.4 Å². The highest BCUT2D eigenvalue weighted by molar-refractivity contribution is 5.81. The number of aryl methyl sites for hydroxylation is 1. The average Bonchev–Trinajstić information content (AvgIpc) is 2.72. The van der Waals surface area contributed by atoms with Crippen molar-refractivity contribution in [3.63, 3.8) is 0 Å². The van der Waals surface area contributed by atoms with Gasteiger partial charge < -0.3 is 19.8 Å². The Morgan fingerprint density at radius 1 is 1.00 bits per heavy atom. The minimum Gasteiger partial charge on any atom is -0.497 e. The third-order valence-electron chi connectivity index (χ3n) is 4.66. The van der Waals surface area contributed by atoms with Gasteiger partial charge in [0.05, 0.1) is 14.2 Å². The predicted octanol–water partition coefficient (Wildman–Crippen LogP) is 2.84. The summed E-state index contributed by atoms with van der Waals surface area (Å²) < 4.78 is 10.5. The topological polar surface area (TPSA) is 80.4 Å². The van der Waals surface area contributed by atoms with Crippen molar-refractivity contribution in [2.75, 3.05) is 20.8 Å². The number of hydrogen-bond acceptors (Lipinski definition) is 4. The molecule has 0 bridgehead atoms. The van der Waals surface area contributed by atoms with Crippen LogP contribution >= 0.6 is 0 Å². The maximum atomic E-state index is 12.2. The Morgan fingerprint density at radius 3 is 2.61 bits per heavy atom. The van der Waals surface area contributed by atoms with Gasteiger partial charge in [0.15, 0.2) is 0 Å². The van der Waals surface area contributed by atoms with Gasteiger partial charge in [0.2, 0.25) is 5.91 Å². The summed E-state index contributed by atoms with van der Waals surface area (Å²) in [6.07, 6.45) is 1.32. The first-order chi connectivity index (χ1) is 13.6. The predicted molar refractivity (Wildman–Crippen MR) is 109 cm³/mol. The summed E-state index contributed by atoms with van der Waals surface area (Å²) in [6, 6.07) is 15.0. The van der Waals surface area contributed by atoms with E-state index < -0.39 is 0 Å². The van der Waals surface area contributed by atoms with Gasteiger partial charge in [0.1, 0.15) is 11.5 Å². The Labute approximate surface area is 163 Å². The molecule has 2 aromatic carbocycles. The molecule has 28 heavy (non-hydrogen) atoms. The highest BCUT2D eigenvalue weighted by Crippen LogP contribution is 2.19. The number of pyridine rings is 1. The van der Waals surface area contributed by atoms with Crippen LogP contribution in [0.4, 0.5) is 0 Å². The monoisotopic (exact) mass is 380 g/mol. The zero-order valence-corrected chi connectivity index (χ0v) is 16.1. The number of para-hydroxylation sites is 1. The lowest BCUT2D eigenvalue weighted by atomic mass is 10.1. The van der Waals surface area contributed by atoms with Crippen LogP contribution in [-0.2, 0) is 17.6 Å². The number of benzene rings is 2. The van der Waals surface area contributed by atoms with Crippen molar-refractivity contribution in [2.45, 2.75) is 19.3 Å². The van der Waals surface area contributed by atoms with Crippen LogP contribution in [-0.4, -0.2) is 31.7 Å². The standard InChI is InChI=1S/C22H24N2O4/c1-27-18-8-9-19-17(14-18)13-16(22(26)24-19)7-10-21(25)23-12-11-15-5-3-4-6-20(15)28-2/h3-6,8-9,13-14H,7,10-12H2,1-2H3,(H,23,25)(H,24,26). The lowest BCUT2D eigenvalue weighted by Gasteiger charge is -2.09. The van der Waals surface area contributed by atoms with E-state index in [1.165, 1.54) is 0 Å².